The van der Waals surface area contributed by atoms with Gasteiger partial charge in [0.15, 0.2) is 0 Å². The van der Waals surface area contributed by atoms with Gasteiger partial charge in [-0.2, -0.15) is 0 Å². The summed E-state index contributed by atoms with van der Waals surface area (Å²) in [6.45, 7) is 0.699. The number of carbonyl (C=O) groups excluding carboxylic acids is 1. The Kier molecular flexibility index (Phi) is 2.35. The van der Waals surface area contributed by atoms with Gasteiger partial charge in [-0.05, 0) is 5.92 Å². The number of hydrogen-bond donors (Lipinski definition) is 0. The van der Waals surface area contributed by atoms with Crippen molar-refractivity contribution in [1.29, 1.82) is 0 Å². The number of halogens is 1. The molecule has 0 bridgehead atoms. The van der Waals surface area contributed by atoms with Crippen molar-refractivity contribution in [3.05, 3.63) is 12.5 Å². The van der Waals surface area contributed by atoms with E-state index in [0.717, 1.165) is 5.33 Å². The van der Waals surface area contributed by atoms with Gasteiger partial charge < -0.3 is 4.42 Å². The van der Waals surface area contributed by atoms with Crippen molar-refractivity contribution >= 4 is 27.9 Å². The van der Waals surface area contributed by atoms with E-state index in [1.165, 1.54) is 6.26 Å². The summed E-state index contributed by atoms with van der Waals surface area (Å²) in [6, 6.07) is 0.411. The largest absolute Gasteiger partial charge is 0.432 e. The Bertz CT molecular complexity index is 299. The third-order valence-corrected chi connectivity index (χ3v) is 2.99. The van der Waals surface area contributed by atoms with Gasteiger partial charge in [-0.15, -0.1) is 0 Å². The summed E-state index contributed by atoms with van der Waals surface area (Å²) < 4.78 is 5.06. The summed E-state index contributed by atoms with van der Waals surface area (Å²) in [5, 5.41) is 0.843. The van der Waals surface area contributed by atoms with E-state index in [0.29, 0.717) is 24.9 Å². The smallest absolute Gasteiger partial charge is 0.303 e. The molecule has 2 heterocycles. The Labute approximate surface area is 84.1 Å². The highest BCUT2D eigenvalue weighted by molar-refractivity contribution is 9.09. The lowest BCUT2D eigenvalue weighted by Crippen LogP contribution is -2.24. The molecule has 1 amide bonds. The normalized spacial score (nSPS) is 22.7. The van der Waals surface area contributed by atoms with E-state index in [4.69, 9.17) is 4.42 Å². The Balaban J connectivity index is 2.14. The maximum Gasteiger partial charge on any atom is 0.303 e. The zero-order chi connectivity index (χ0) is 9.26. The number of hydrogen-bond acceptors (Lipinski definition) is 3. The van der Waals surface area contributed by atoms with Crippen LogP contribution in [0.15, 0.2) is 16.9 Å². The molecule has 0 aliphatic carbocycles. The molecule has 0 radical (unpaired) electrons. The minimum atomic E-state index is 0.0897. The van der Waals surface area contributed by atoms with E-state index in [1.807, 2.05) is 0 Å². The second-order valence-electron chi connectivity index (χ2n) is 3.04. The van der Waals surface area contributed by atoms with Gasteiger partial charge in [-0.1, -0.05) is 15.9 Å². The molecule has 1 aromatic heterocycles. The first-order valence-electron chi connectivity index (χ1n) is 4.07. The highest BCUT2D eigenvalue weighted by Crippen LogP contribution is 2.24. The summed E-state index contributed by atoms with van der Waals surface area (Å²) in [5.74, 6) is 0.464. The van der Waals surface area contributed by atoms with Crippen LogP contribution in [0.1, 0.15) is 6.42 Å². The van der Waals surface area contributed by atoms with E-state index >= 15 is 0 Å². The van der Waals surface area contributed by atoms with Crippen LogP contribution in [0, 0.1) is 5.92 Å². The number of rotatable bonds is 2. The Morgan fingerprint density at radius 1 is 1.77 bits per heavy atom. The van der Waals surface area contributed by atoms with Crippen molar-refractivity contribution in [3.63, 3.8) is 0 Å². The fourth-order valence-electron chi connectivity index (χ4n) is 1.42. The number of oxazole rings is 1. The lowest BCUT2D eigenvalue weighted by atomic mass is 10.2. The first-order chi connectivity index (χ1) is 6.31. The summed E-state index contributed by atoms with van der Waals surface area (Å²) in [6.07, 6.45) is 3.60. The lowest BCUT2D eigenvalue weighted by molar-refractivity contribution is -0.117. The van der Waals surface area contributed by atoms with E-state index < -0.39 is 0 Å². The van der Waals surface area contributed by atoms with Crippen molar-refractivity contribution in [1.82, 2.24) is 4.98 Å². The number of alkyl halides is 1. The second kappa shape index (κ2) is 3.49. The Morgan fingerprint density at radius 2 is 2.62 bits per heavy atom. The first-order valence-corrected chi connectivity index (χ1v) is 5.19. The maximum absolute atomic E-state index is 11.4. The predicted octanol–water partition coefficient (Wildman–Crippen LogP) is 1.42. The Hall–Kier alpha value is -0.840. The molecular weight excluding hydrogens is 236 g/mol. The zero-order valence-electron chi connectivity index (χ0n) is 6.94. The molecule has 1 atom stereocenters. The van der Waals surface area contributed by atoms with Gasteiger partial charge in [-0.3, -0.25) is 9.69 Å². The van der Waals surface area contributed by atoms with Crippen LogP contribution in [0.4, 0.5) is 6.01 Å². The minimum absolute atomic E-state index is 0.0897. The van der Waals surface area contributed by atoms with Gasteiger partial charge in [0.2, 0.25) is 5.91 Å². The lowest BCUT2D eigenvalue weighted by Gasteiger charge is -2.09. The van der Waals surface area contributed by atoms with Crippen LogP contribution >= 0.6 is 15.9 Å². The minimum Gasteiger partial charge on any atom is -0.432 e. The van der Waals surface area contributed by atoms with Gasteiger partial charge in [-0.25, -0.2) is 4.98 Å². The van der Waals surface area contributed by atoms with Gasteiger partial charge in [0, 0.05) is 18.3 Å². The molecule has 0 N–H and O–H groups in total. The highest BCUT2D eigenvalue weighted by Gasteiger charge is 2.31. The third kappa shape index (κ3) is 1.60. The number of aromatic nitrogens is 1. The van der Waals surface area contributed by atoms with Crippen LogP contribution < -0.4 is 4.90 Å². The number of anilines is 1. The predicted molar refractivity (Wildman–Crippen MR) is 50.8 cm³/mol. The Morgan fingerprint density at radius 3 is 3.15 bits per heavy atom. The van der Waals surface area contributed by atoms with Crippen LogP contribution in [0.2, 0.25) is 0 Å². The second-order valence-corrected chi connectivity index (χ2v) is 3.69. The van der Waals surface area contributed by atoms with Crippen molar-refractivity contribution in [2.24, 2.45) is 5.92 Å². The highest BCUT2D eigenvalue weighted by atomic mass is 79.9. The molecule has 4 nitrogen and oxygen atoms in total. The molecule has 1 aliphatic heterocycles. The molecule has 0 spiro atoms. The van der Waals surface area contributed by atoms with E-state index in [1.54, 1.807) is 11.1 Å². The van der Waals surface area contributed by atoms with Crippen LogP contribution in [0.25, 0.3) is 0 Å². The summed E-state index contributed by atoms with van der Waals surface area (Å²) in [7, 11) is 0. The van der Waals surface area contributed by atoms with Gasteiger partial charge in [0.05, 0.1) is 6.20 Å². The van der Waals surface area contributed by atoms with Gasteiger partial charge >= 0.3 is 6.01 Å². The standard InChI is InChI=1S/C8H9BrN2O2/c9-4-6-3-7(12)11(5-6)8-10-1-2-13-8/h1-2,6H,3-5H2. The quantitative estimate of drug-likeness (QED) is 0.740. The molecule has 1 aromatic rings. The third-order valence-electron chi connectivity index (χ3n) is 2.07. The van der Waals surface area contributed by atoms with Crippen LogP contribution in [0.3, 0.4) is 0 Å². The van der Waals surface area contributed by atoms with E-state index in [-0.39, 0.29) is 5.91 Å². The van der Waals surface area contributed by atoms with Gasteiger partial charge in [0.1, 0.15) is 6.26 Å². The molecule has 0 saturated carbocycles. The van der Waals surface area contributed by atoms with E-state index in [2.05, 4.69) is 20.9 Å². The average Bonchev–Trinajstić information content (AvgIpc) is 2.72. The van der Waals surface area contributed by atoms with Crippen molar-refractivity contribution in [3.8, 4) is 0 Å². The summed E-state index contributed by atoms with van der Waals surface area (Å²) in [5.41, 5.74) is 0. The monoisotopic (exact) mass is 244 g/mol. The van der Waals surface area contributed by atoms with Crippen molar-refractivity contribution in [2.75, 3.05) is 16.8 Å². The number of nitrogens with zero attached hydrogens (tertiary/aromatic N) is 2. The summed E-state index contributed by atoms with van der Waals surface area (Å²) in [4.78, 5) is 17.0. The summed E-state index contributed by atoms with van der Waals surface area (Å²) >= 11 is 3.36. The molecular formula is C8H9BrN2O2. The fourth-order valence-corrected chi connectivity index (χ4v) is 1.85. The van der Waals surface area contributed by atoms with Crippen molar-refractivity contribution in [2.45, 2.75) is 6.42 Å². The average molecular weight is 245 g/mol. The van der Waals surface area contributed by atoms with Crippen LogP contribution in [-0.4, -0.2) is 22.8 Å². The molecule has 1 fully saturated rings. The van der Waals surface area contributed by atoms with Crippen molar-refractivity contribution < 1.29 is 9.21 Å². The van der Waals surface area contributed by atoms with Crippen LogP contribution in [0.5, 0.6) is 0 Å². The molecule has 5 heteroatoms. The molecule has 0 aromatic carbocycles. The number of carbonyl (C=O) groups is 1. The molecule has 2 rings (SSSR count). The topological polar surface area (TPSA) is 46.3 Å². The van der Waals surface area contributed by atoms with Crippen LogP contribution in [-0.2, 0) is 4.79 Å². The molecule has 1 saturated heterocycles. The maximum atomic E-state index is 11.4. The molecule has 1 unspecified atom stereocenters. The zero-order valence-corrected chi connectivity index (χ0v) is 8.53. The SMILES string of the molecule is O=C1CC(CBr)CN1c1ncco1. The number of amides is 1. The first kappa shape index (κ1) is 8.74. The van der Waals surface area contributed by atoms with E-state index in [9.17, 15) is 4.79 Å². The van der Waals surface area contributed by atoms with Gasteiger partial charge in [0.25, 0.3) is 0 Å². The molecule has 13 heavy (non-hydrogen) atoms. The molecule has 1 aliphatic rings. The molecule has 70 valence electrons. The fraction of sp³-hybridized carbons (Fsp3) is 0.500.